The first kappa shape index (κ1) is 27.6. The minimum absolute atomic E-state index is 0.0231. The van der Waals surface area contributed by atoms with Crippen molar-refractivity contribution in [1.29, 1.82) is 0 Å². The number of hydrogen-bond donors (Lipinski definition) is 0. The molecule has 0 heterocycles. The Morgan fingerprint density at radius 3 is 1.46 bits per heavy atom. The van der Waals surface area contributed by atoms with E-state index in [1.54, 1.807) is 0 Å². The fourth-order valence-electron chi connectivity index (χ4n) is 9.59. The molecule has 0 saturated heterocycles. The topological polar surface area (TPSA) is 0 Å². The molecule has 0 atom stereocenters. The van der Waals surface area contributed by atoms with E-state index in [2.05, 4.69) is 172 Å². The summed E-state index contributed by atoms with van der Waals surface area (Å²) < 4.78 is 0. The Kier molecular flexibility index (Phi) is 5.77. The minimum atomic E-state index is -0.325. The molecule has 0 heteroatoms. The van der Waals surface area contributed by atoms with Crippen LogP contribution in [0.4, 0.5) is 0 Å². The number of hydrogen-bond acceptors (Lipinski definition) is 0. The van der Waals surface area contributed by atoms with E-state index in [9.17, 15) is 0 Å². The van der Waals surface area contributed by atoms with Gasteiger partial charge in [0.05, 0.1) is 5.41 Å². The van der Waals surface area contributed by atoms with Crippen molar-refractivity contribution in [3.05, 3.63) is 202 Å². The Bertz CT molecular complexity index is 2370. The van der Waals surface area contributed by atoms with Crippen LogP contribution in [-0.4, -0.2) is 0 Å². The average Bonchev–Trinajstić information content (AvgIpc) is 3.70. The molecule has 0 saturated carbocycles. The van der Waals surface area contributed by atoms with Crippen molar-refractivity contribution >= 4 is 0 Å². The van der Waals surface area contributed by atoms with Gasteiger partial charge in [-0.1, -0.05) is 166 Å². The fraction of sp³-hybridized carbons (Fsp3) is 0.125. The summed E-state index contributed by atoms with van der Waals surface area (Å²) in [5.74, 6) is 0. The normalized spacial score (nSPS) is 15.0. The Morgan fingerprint density at radius 2 is 0.812 bits per heavy atom. The highest BCUT2D eigenvalue weighted by atomic mass is 14.5. The zero-order valence-electron chi connectivity index (χ0n) is 27.4. The number of rotatable bonds is 4. The molecule has 0 aliphatic heterocycles. The lowest BCUT2D eigenvalue weighted by molar-refractivity contribution is 0.660. The lowest BCUT2D eigenvalue weighted by atomic mass is 9.70. The van der Waals surface area contributed by atoms with Gasteiger partial charge in [0, 0.05) is 5.41 Å². The second kappa shape index (κ2) is 10.0. The Hall–Kier alpha value is -5.46. The van der Waals surface area contributed by atoms with Crippen LogP contribution in [0.2, 0.25) is 0 Å². The molecule has 0 unspecified atom stereocenters. The highest BCUT2D eigenvalue weighted by molar-refractivity contribution is 5.96. The maximum absolute atomic E-state index is 2.52. The van der Waals surface area contributed by atoms with E-state index in [0.29, 0.717) is 0 Å². The standard InChI is InChI=1S/C48H36/c1-47(2)40-21-9-8-20-39(40)46-32(15-13-25-44(46)47)27-26-31-14-3-4-16-34(31)33-28-29-38-37-19-7-12-24-43(37)48(45(38)30-33)41-22-10-5-17-35(41)36-18-6-11-23-42(36)48/h3-25,28-30H,26-27H2,1-2H3. The molecule has 0 nitrogen and oxygen atoms in total. The predicted octanol–water partition coefficient (Wildman–Crippen LogP) is 11.8. The molecule has 48 heavy (non-hydrogen) atoms. The van der Waals surface area contributed by atoms with E-state index in [1.165, 1.54) is 89.0 Å². The summed E-state index contributed by atoms with van der Waals surface area (Å²) in [5.41, 5.74) is 21.9. The number of aryl methyl sites for hydroxylation is 2. The van der Waals surface area contributed by atoms with Gasteiger partial charge in [-0.05, 0) is 108 Å². The van der Waals surface area contributed by atoms with E-state index in [1.807, 2.05) is 0 Å². The van der Waals surface area contributed by atoms with Gasteiger partial charge in [0.2, 0.25) is 0 Å². The minimum Gasteiger partial charge on any atom is -0.0620 e. The van der Waals surface area contributed by atoms with Crippen LogP contribution < -0.4 is 0 Å². The predicted molar refractivity (Wildman–Crippen MR) is 200 cm³/mol. The van der Waals surface area contributed by atoms with E-state index >= 15 is 0 Å². The van der Waals surface area contributed by atoms with Gasteiger partial charge >= 0.3 is 0 Å². The highest BCUT2D eigenvalue weighted by Crippen LogP contribution is 2.63. The van der Waals surface area contributed by atoms with E-state index in [0.717, 1.165) is 12.8 Å². The van der Waals surface area contributed by atoms with Gasteiger partial charge in [-0.25, -0.2) is 0 Å². The zero-order chi connectivity index (χ0) is 32.0. The molecular weight excluding hydrogens is 577 g/mol. The van der Waals surface area contributed by atoms with Gasteiger partial charge in [-0.2, -0.15) is 0 Å². The Balaban J connectivity index is 1.10. The Labute approximate surface area is 283 Å². The Morgan fingerprint density at radius 1 is 0.354 bits per heavy atom. The smallest absolute Gasteiger partial charge is 0.0620 e. The average molecular weight is 613 g/mol. The van der Waals surface area contributed by atoms with Crippen molar-refractivity contribution in [1.82, 2.24) is 0 Å². The summed E-state index contributed by atoms with van der Waals surface area (Å²) >= 11 is 0. The summed E-state index contributed by atoms with van der Waals surface area (Å²) in [4.78, 5) is 0. The maximum atomic E-state index is 2.52. The van der Waals surface area contributed by atoms with Crippen molar-refractivity contribution in [2.75, 3.05) is 0 Å². The van der Waals surface area contributed by atoms with E-state index in [-0.39, 0.29) is 10.8 Å². The van der Waals surface area contributed by atoms with Crippen LogP contribution >= 0.6 is 0 Å². The molecule has 3 aliphatic carbocycles. The highest BCUT2D eigenvalue weighted by Gasteiger charge is 2.51. The second-order valence-corrected chi connectivity index (χ2v) is 14.3. The third-order valence-electron chi connectivity index (χ3n) is 11.7. The first-order valence-electron chi connectivity index (χ1n) is 17.3. The van der Waals surface area contributed by atoms with Crippen LogP contribution in [-0.2, 0) is 23.7 Å². The van der Waals surface area contributed by atoms with Gasteiger partial charge in [-0.15, -0.1) is 0 Å². The summed E-state index contributed by atoms with van der Waals surface area (Å²) in [5, 5.41) is 0. The van der Waals surface area contributed by atoms with Crippen LogP contribution in [0.5, 0.6) is 0 Å². The second-order valence-electron chi connectivity index (χ2n) is 14.3. The summed E-state index contributed by atoms with van der Waals surface area (Å²) in [7, 11) is 0. The molecule has 3 aliphatic rings. The molecule has 0 aromatic heterocycles. The molecule has 7 aromatic carbocycles. The summed E-state index contributed by atoms with van der Waals surface area (Å²) in [6.07, 6.45) is 2.00. The first-order chi connectivity index (χ1) is 23.6. The molecule has 7 aromatic rings. The van der Waals surface area contributed by atoms with Crippen LogP contribution in [0.25, 0.3) is 44.5 Å². The monoisotopic (exact) mass is 612 g/mol. The van der Waals surface area contributed by atoms with Crippen molar-refractivity contribution in [3.8, 4) is 44.5 Å². The van der Waals surface area contributed by atoms with Crippen LogP contribution in [0, 0.1) is 0 Å². The molecule has 0 radical (unpaired) electrons. The molecule has 0 bridgehead atoms. The SMILES string of the molecule is CC1(C)c2ccccc2-c2c(CCc3ccccc3-c3ccc4c(c3)C3(c5ccccc5-c5ccccc53)c3ccccc3-4)cccc21. The van der Waals surface area contributed by atoms with Crippen molar-refractivity contribution in [3.63, 3.8) is 0 Å². The summed E-state index contributed by atoms with van der Waals surface area (Å²) in [6, 6.07) is 59.5. The van der Waals surface area contributed by atoms with Crippen LogP contribution in [0.3, 0.4) is 0 Å². The first-order valence-corrected chi connectivity index (χ1v) is 17.3. The van der Waals surface area contributed by atoms with E-state index < -0.39 is 0 Å². The maximum Gasteiger partial charge on any atom is 0.0725 e. The quantitative estimate of drug-likeness (QED) is 0.185. The zero-order valence-corrected chi connectivity index (χ0v) is 27.4. The molecular formula is C48H36. The summed E-state index contributed by atoms with van der Waals surface area (Å²) in [6.45, 7) is 4.74. The van der Waals surface area contributed by atoms with Gasteiger partial charge in [0.15, 0.2) is 0 Å². The molecule has 1 spiro atoms. The lowest BCUT2D eigenvalue weighted by Gasteiger charge is -2.30. The third kappa shape index (κ3) is 3.55. The number of fused-ring (bicyclic) bond motifs is 13. The van der Waals surface area contributed by atoms with Crippen molar-refractivity contribution in [2.45, 2.75) is 37.5 Å². The molecule has 10 rings (SSSR count). The molecule has 0 N–H and O–H groups in total. The van der Waals surface area contributed by atoms with Crippen molar-refractivity contribution in [2.24, 2.45) is 0 Å². The van der Waals surface area contributed by atoms with Crippen LogP contribution in [0.1, 0.15) is 58.4 Å². The van der Waals surface area contributed by atoms with Gasteiger partial charge in [-0.3, -0.25) is 0 Å². The third-order valence-corrected chi connectivity index (χ3v) is 11.7. The lowest BCUT2D eigenvalue weighted by Crippen LogP contribution is -2.25. The molecule has 228 valence electrons. The van der Waals surface area contributed by atoms with Crippen LogP contribution in [0.15, 0.2) is 158 Å². The van der Waals surface area contributed by atoms with Crippen molar-refractivity contribution < 1.29 is 0 Å². The van der Waals surface area contributed by atoms with Gasteiger partial charge in [0.1, 0.15) is 0 Å². The van der Waals surface area contributed by atoms with E-state index in [4.69, 9.17) is 0 Å². The molecule has 0 fully saturated rings. The van der Waals surface area contributed by atoms with Gasteiger partial charge in [0.25, 0.3) is 0 Å². The number of benzene rings is 7. The fourth-order valence-corrected chi connectivity index (χ4v) is 9.59. The molecule has 0 amide bonds. The largest absolute Gasteiger partial charge is 0.0725 e. The van der Waals surface area contributed by atoms with Gasteiger partial charge < -0.3 is 0 Å².